The molecule has 1 atom stereocenters. The second-order valence-corrected chi connectivity index (χ2v) is 5.26. The third-order valence-corrected chi connectivity index (χ3v) is 3.94. The Labute approximate surface area is 102 Å². The van der Waals surface area contributed by atoms with Crippen molar-refractivity contribution >= 4 is 23.0 Å². The van der Waals surface area contributed by atoms with Gasteiger partial charge in [-0.1, -0.05) is 11.6 Å². The fourth-order valence-corrected chi connectivity index (χ4v) is 2.35. The van der Waals surface area contributed by atoms with Gasteiger partial charge in [0.25, 0.3) is 0 Å². The Morgan fingerprint density at radius 3 is 2.62 bits per heavy atom. The molecule has 1 saturated carbocycles. The number of anilines is 2. The van der Waals surface area contributed by atoms with Gasteiger partial charge in [0.05, 0.1) is 10.7 Å². The van der Waals surface area contributed by atoms with Crippen molar-refractivity contribution in [3.8, 4) is 0 Å². The normalized spacial score (nSPS) is 17.2. The molecule has 0 aliphatic heterocycles. The Bertz CT molecular complexity index is 399. The van der Waals surface area contributed by atoms with Gasteiger partial charge in [-0.25, -0.2) is 0 Å². The Morgan fingerprint density at radius 2 is 2.06 bits per heavy atom. The predicted octanol–water partition coefficient (Wildman–Crippen LogP) is 3.47. The van der Waals surface area contributed by atoms with Gasteiger partial charge in [-0.05, 0) is 50.3 Å². The predicted molar refractivity (Wildman–Crippen MR) is 71.2 cm³/mol. The lowest BCUT2D eigenvalue weighted by molar-refractivity contribution is 0.608. The molecule has 1 aromatic carbocycles. The first-order valence-corrected chi connectivity index (χ1v) is 6.17. The zero-order chi connectivity index (χ0) is 11.9. The Morgan fingerprint density at radius 1 is 1.44 bits per heavy atom. The minimum absolute atomic E-state index is 0.582. The summed E-state index contributed by atoms with van der Waals surface area (Å²) in [5.41, 5.74) is 8.83. The van der Waals surface area contributed by atoms with Crippen molar-refractivity contribution < 1.29 is 0 Å². The molecule has 16 heavy (non-hydrogen) atoms. The van der Waals surface area contributed by atoms with Crippen LogP contribution in [0.5, 0.6) is 0 Å². The molecule has 0 bridgehead atoms. The van der Waals surface area contributed by atoms with Crippen LogP contribution in [0.4, 0.5) is 11.4 Å². The van der Waals surface area contributed by atoms with E-state index in [1.807, 2.05) is 12.1 Å². The number of aryl methyl sites for hydroxylation is 1. The fraction of sp³-hybridized carbons (Fsp3) is 0.538. The molecule has 0 spiro atoms. The van der Waals surface area contributed by atoms with Crippen molar-refractivity contribution in [1.82, 2.24) is 0 Å². The summed E-state index contributed by atoms with van der Waals surface area (Å²) in [6.07, 6.45) is 2.71. The second kappa shape index (κ2) is 4.17. The van der Waals surface area contributed by atoms with Crippen LogP contribution < -0.4 is 10.6 Å². The molecule has 0 saturated heterocycles. The zero-order valence-corrected chi connectivity index (χ0v) is 10.9. The van der Waals surface area contributed by atoms with Crippen LogP contribution in [0.1, 0.15) is 25.3 Å². The molecule has 3 heteroatoms. The van der Waals surface area contributed by atoms with E-state index < -0.39 is 0 Å². The third-order valence-electron chi connectivity index (χ3n) is 3.61. The molecule has 0 aromatic heterocycles. The summed E-state index contributed by atoms with van der Waals surface area (Å²) in [6.45, 7) is 4.36. The Hall–Kier alpha value is -0.890. The van der Waals surface area contributed by atoms with E-state index in [1.165, 1.54) is 24.1 Å². The monoisotopic (exact) mass is 238 g/mol. The number of rotatable bonds is 3. The molecule has 1 aliphatic carbocycles. The van der Waals surface area contributed by atoms with Gasteiger partial charge in [0.1, 0.15) is 0 Å². The molecule has 0 heterocycles. The fourth-order valence-electron chi connectivity index (χ4n) is 2.19. The lowest BCUT2D eigenvalue weighted by Crippen LogP contribution is -2.31. The minimum Gasteiger partial charge on any atom is -0.398 e. The lowest BCUT2D eigenvalue weighted by Gasteiger charge is -2.29. The van der Waals surface area contributed by atoms with Crippen molar-refractivity contribution in [2.45, 2.75) is 32.7 Å². The highest BCUT2D eigenvalue weighted by Crippen LogP contribution is 2.38. The van der Waals surface area contributed by atoms with Gasteiger partial charge in [0.15, 0.2) is 0 Å². The van der Waals surface area contributed by atoms with Gasteiger partial charge in [0, 0.05) is 18.8 Å². The molecule has 0 radical (unpaired) electrons. The summed E-state index contributed by atoms with van der Waals surface area (Å²) in [4.78, 5) is 2.32. The molecule has 2 rings (SSSR count). The molecule has 1 fully saturated rings. The molecule has 88 valence electrons. The van der Waals surface area contributed by atoms with E-state index in [0.29, 0.717) is 16.8 Å². The van der Waals surface area contributed by atoms with Crippen LogP contribution in [0.2, 0.25) is 5.02 Å². The first-order valence-electron chi connectivity index (χ1n) is 5.79. The van der Waals surface area contributed by atoms with Crippen LogP contribution in [0.15, 0.2) is 12.1 Å². The molecule has 0 amide bonds. The van der Waals surface area contributed by atoms with Crippen LogP contribution in [-0.4, -0.2) is 13.1 Å². The molecule has 1 unspecified atom stereocenters. The standard InChI is InChI=1S/C13H19ClN2/c1-8-6-12(15)11(14)7-13(8)16(3)9(2)10-4-5-10/h6-7,9-10H,4-5,15H2,1-3H3. The Kier molecular flexibility index (Phi) is 3.02. The highest BCUT2D eigenvalue weighted by atomic mass is 35.5. The van der Waals surface area contributed by atoms with Crippen LogP contribution in [0, 0.1) is 12.8 Å². The maximum Gasteiger partial charge on any atom is 0.0656 e. The largest absolute Gasteiger partial charge is 0.398 e. The number of nitrogens with two attached hydrogens (primary N) is 1. The Balaban J connectivity index is 2.28. The maximum atomic E-state index is 6.08. The maximum absolute atomic E-state index is 6.08. The number of nitrogens with zero attached hydrogens (tertiary/aromatic N) is 1. The lowest BCUT2D eigenvalue weighted by atomic mass is 10.1. The quantitative estimate of drug-likeness (QED) is 0.818. The van der Waals surface area contributed by atoms with Crippen molar-refractivity contribution in [3.63, 3.8) is 0 Å². The number of benzene rings is 1. The molecule has 1 aromatic rings. The molecule has 1 aliphatic rings. The van der Waals surface area contributed by atoms with Crippen molar-refractivity contribution in [2.75, 3.05) is 17.7 Å². The van der Waals surface area contributed by atoms with Crippen LogP contribution in [-0.2, 0) is 0 Å². The van der Waals surface area contributed by atoms with Gasteiger partial charge >= 0.3 is 0 Å². The van der Waals surface area contributed by atoms with E-state index in [9.17, 15) is 0 Å². The zero-order valence-electron chi connectivity index (χ0n) is 10.1. The number of hydrogen-bond donors (Lipinski definition) is 1. The van der Waals surface area contributed by atoms with Crippen LogP contribution >= 0.6 is 11.6 Å². The van der Waals surface area contributed by atoms with E-state index in [2.05, 4.69) is 25.8 Å². The average molecular weight is 239 g/mol. The smallest absolute Gasteiger partial charge is 0.0656 e. The summed E-state index contributed by atoms with van der Waals surface area (Å²) in [6, 6.07) is 4.51. The summed E-state index contributed by atoms with van der Waals surface area (Å²) >= 11 is 6.08. The van der Waals surface area contributed by atoms with Gasteiger partial charge in [-0.2, -0.15) is 0 Å². The first-order chi connectivity index (χ1) is 7.50. The topological polar surface area (TPSA) is 29.3 Å². The van der Waals surface area contributed by atoms with Gasteiger partial charge in [-0.15, -0.1) is 0 Å². The summed E-state index contributed by atoms with van der Waals surface area (Å²) in [7, 11) is 2.14. The van der Waals surface area contributed by atoms with Gasteiger partial charge in [-0.3, -0.25) is 0 Å². The van der Waals surface area contributed by atoms with E-state index in [0.717, 1.165) is 5.92 Å². The summed E-state index contributed by atoms with van der Waals surface area (Å²) in [5, 5.41) is 0.649. The minimum atomic E-state index is 0.582. The van der Waals surface area contributed by atoms with Crippen molar-refractivity contribution in [2.24, 2.45) is 5.92 Å². The molecular weight excluding hydrogens is 220 g/mol. The second-order valence-electron chi connectivity index (χ2n) is 4.85. The van der Waals surface area contributed by atoms with E-state index in [1.54, 1.807) is 0 Å². The van der Waals surface area contributed by atoms with Gasteiger partial charge < -0.3 is 10.6 Å². The highest BCUT2D eigenvalue weighted by Gasteiger charge is 2.31. The van der Waals surface area contributed by atoms with Crippen molar-refractivity contribution in [3.05, 3.63) is 22.7 Å². The van der Waals surface area contributed by atoms with E-state index in [-0.39, 0.29) is 0 Å². The summed E-state index contributed by atoms with van der Waals surface area (Å²) in [5.74, 6) is 0.848. The third kappa shape index (κ3) is 2.12. The van der Waals surface area contributed by atoms with E-state index in [4.69, 9.17) is 17.3 Å². The average Bonchev–Trinajstić information content (AvgIpc) is 3.05. The summed E-state index contributed by atoms with van der Waals surface area (Å²) < 4.78 is 0. The highest BCUT2D eigenvalue weighted by molar-refractivity contribution is 6.33. The first kappa shape index (κ1) is 11.6. The van der Waals surface area contributed by atoms with Crippen LogP contribution in [0.25, 0.3) is 0 Å². The SMILES string of the molecule is Cc1cc(N)c(Cl)cc1N(C)C(C)C1CC1. The number of hydrogen-bond acceptors (Lipinski definition) is 2. The van der Waals surface area contributed by atoms with E-state index >= 15 is 0 Å². The molecular formula is C13H19ClN2. The number of halogens is 1. The van der Waals surface area contributed by atoms with Gasteiger partial charge in [0.2, 0.25) is 0 Å². The van der Waals surface area contributed by atoms with Crippen molar-refractivity contribution in [1.29, 1.82) is 0 Å². The molecule has 2 N–H and O–H groups in total. The number of nitrogen functional groups attached to an aromatic ring is 1. The molecule has 2 nitrogen and oxygen atoms in total. The van der Waals surface area contributed by atoms with Crippen LogP contribution in [0.3, 0.4) is 0 Å².